The van der Waals surface area contributed by atoms with Gasteiger partial charge < -0.3 is 15.7 Å². The Balaban J connectivity index is 2.40. The molecule has 20 heavy (non-hydrogen) atoms. The lowest BCUT2D eigenvalue weighted by molar-refractivity contribution is 0.0720. The van der Waals surface area contributed by atoms with Crippen molar-refractivity contribution >= 4 is 5.91 Å². The minimum Gasteiger partial charge on any atom is -0.503 e. The molecule has 1 saturated heterocycles. The lowest BCUT2D eigenvalue weighted by Crippen LogP contribution is -2.42. The van der Waals surface area contributed by atoms with Crippen molar-refractivity contribution in [2.45, 2.75) is 19.4 Å². The van der Waals surface area contributed by atoms with Crippen LogP contribution in [0.15, 0.2) is 6.07 Å². The van der Waals surface area contributed by atoms with Gasteiger partial charge in [0.15, 0.2) is 17.4 Å². The van der Waals surface area contributed by atoms with Crippen LogP contribution in [0, 0.1) is 23.4 Å². The summed E-state index contributed by atoms with van der Waals surface area (Å²) in [5.41, 5.74) is 4.90. The third kappa shape index (κ3) is 2.22. The number of phenolic OH excluding ortho intramolecular Hbond substituents is 1. The van der Waals surface area contributed by atoms with Crippen LogP contribution in [0.4, 0.5) is 13.2 Å². The van der Waals surface area contributed by atoms with Crippen molar-refractivity contribution in [3.05, 3.63) is 29.1 Å². The van der Waals surface area contributed by atoms with Gasteiger partial charge in [-0.2, -0.15) is 4.39 Å². The van der Waals surface area contributed by atoms with Gasteiger partial charge in [0.1, 0.15) is 0 Å². The summed E-state index contributed by atoms with van der Waals surface area (Å²) < 4.78 is 40.0. The molecule has 4 nitrogen and oxygen atoms in total. The van der Waals surface area contributed by atoms with Gasteiger partial charge in [0.25, 0.3) is 5.91 Å². The van der Waals surface area contributed by atoms with E-state index in [9.17, 15) is 18.0 Å². The molecule has 1 aromatic carbocycles. The number of nitrogens with two attached hydrogens (primary N) is 1. The normalized spacial score (nSPS) is 22.4. The van der Waals surface area contributed by atoms with Gasteiger partial charge >= 0.3 is 0 Å². The third-order valence-electron chi connectivity index (χ3n) is 3.75. The molecule has 0 spiro atoms. The Kier molecular flexibility index (Phi) is 3.89. The summed E-state index contributed by atoms with van der Waals surface area (Å²) in [7, 11) is 0. The largest absolute Gasteiger partial charge is 0.503 e. The number of hydrogen-bond acceptors (Lipinski definition) is 3. The Morgan fingerprint density at radius 2 is 2.10 bits per heavy atom. The number of likely N-dealkylation sites (tertiary alicyclic amines) is 1. The predicted molar refractivity (Wildman–Crippen MR) is 65.6 cm³/mol. The van der Waals surface area contributed by atoms with Crippen LogP contribution in [0.3, 0.4) is 0 Å². The quantitative estimate of drug-likeness (QED) is 0.813. The second-order valence-corrected chi connectivity index (χ2v) is 4.95. The van der Waals surface area contributed by atoms with Crippen LogP contribution in [0.1, 0.15) is 23.7 Å². The number of halogens is 3. The maximum atomic E-state index is 13.7. The molecule has 0 aromatic heterocycles. The van der Waals surface area contributed by atoms with E-state index in [1.807, 2.05) is 6.92 Å². The van der Waals surface area contributed by atoms with E-state index < -0.39 is 34.7 Å². The molecule has 0 saturated carbocycles. The highest BCUT2D eigenvalue weighted by molar-refractivity contribution is 5.95. The Hall–Kier alpha value is -1.76. The molecule has 7 heteroatoms. The van der Waals surface area contributed by atoms with E-state index in [0.717, 1.165) is 0 Å². The molecule has 1 heterocycles. The smallest absolute Gasteiger partial charge is 0.257 e. The van der Waals surface area contributed by atoms with Crippen LogP contribution in [0.25, 0.3) is 0 Å². The van der Waals surface area contributed by atoms with E-state index >= 15 is 0 Å². The first-order valence-electron chi connectivity index (χ1n) is 6.26. The van der Waals surface area contributed by atoms with E-state index in [1.54, 1.807) is 0 Å². The summed E-state index contributed by atoms with van der Waals surface area (Å²) in [6.07, 6.45) is 0.699. The van der Waals surface area contributed by atoms with E-state index in [4.69, 9.17) is 10.8 Å². The zero-order valence-electron chi connectivity index (χ0n) is 10.9. The van der Waals surface area contributed by atoms with E-state index in [1.165, 1.54) is 4.90 Å². The third-order valence-corrected chi connectivity index (χ3v) is 3.75. The van der Waals surface area contributed by atoms with Gasteiger partial charge in [-0.05, 0) is 18.4 Å². The number of amides is 1. The molecule has 0 radical (unpaired) electrons. The first kappa shape index (κ1) is 14.6. The van der Waals surface area contributed by atoms with Crippen molar-refractivity contribution in [1.29, 1.82) is 0 Å². The van der Waals surface area contributed by atoms with Crippen LogP contribution in [0.2, 0.25) is 0 Å². The van der Waals surface area contributed by atoms with Crippen LogP contribution in [-0.4, -0.2) is 35.0 Å². The minimum atomic E-state index is -1.70. The summed E-state index contributed by atoms with van der Waals surface area (Å²) in [5, 5.41) is 9.15. The van der Waals surface area contributed by atoms with Crippen LogP contribution >= 0.6 is 0 Å². The fourth-order valence-corrected chi connectivity index (χ4v) is 2.52. The Morgan fingerprint density at radius 3 is 2.70 bits per heavy atom. The summed E-state index contributed by atoms with van der Waals surface area (Å²) >= 11 is 0. The lowest BCUT2D eigenvalue weighted by atomic mass is 10.0. The number of phenols is 1. The van der Waals surface area contributed by atoms with Gasteiger partial charge in [0.2, 0.25) is 5.82 Å². The molecular formula is C13H15F3N2O2. The monoisotopic (exact) mass is 288 g/mol. The lowest BCUT2D eigenvalue weighted by Gasteiger charge is -2.26. The van der Waals surface area contributed by atoms with Crippen LogP contribution < -0.4 is 5.73 Å². The number of aromatic hydroxyl groups is 1. The molecule has 2 rings (SSSR count). The molecule has 0 bridgehead atoms. The van der Waals surface area contributed by atoms with Crippen molar-refractivity contribution in [3.63, 3.8) is 0 Å². The average Bonchev–Trinajstić information content (AvgIpc) is 2.80. The van der Waals surface area contributed by atoms with Crippen molar-refractivity contribution in [1.82, 2.24) is 4.90 Å². The van der Waals surface area contributed by atoms with Crippen molar-refractivity contribution in [2.75, 3.05) is 13.1 Å². The summed E-state index contributed by atoms with van der Waals surface area (Å²) in [6, 6.07) is 0.181. The molecule has 0 aliphatic carbocycles. The zero-order valence-corrected chi connectivity index (χ0v) is 10.9. The van der Waals surface area contributed by atoms with Crippen molar-refractivity contribution in [2.24, 2.45) is 11.7 Å². The maximum Gasteiger partial charge on any atom is 0.257 e. The van der Waals surface area contributed by atoms with Gasteiger partial charge in [-0.3, -0.25) is 4.79 Å². The highest BCUT2D eigenvalue weighted by Crippen LogP contribution is 2.30. The summed E-state index contributed by atoms with van der Waals surface area (Å²) in [6.45, 7) is 2.47. The van der Waals surface area contributed by atoms with Gasteiger partial charge in [-0.25, -0.2) is 8.78 Å². The highest BCUT2D eigenvalue weighted by Gasteiger charge is 2.36. The Bertz CT molecular complexity index is 551. The van der Waals surface area contributed by atoms with Crippen LogP contribution in [0.5, 0.6) is 5.75 Å². The molecule has 2 atom stereocenters. The standard InChI is InChI=1S/C13H15F3N2O2/c1-6-2-3-18(9(6)5-17)13(20)7-4-8(14)11(16)12(19)10(7)15/h4,6,9,19H,2-3,5,17H2,1H3. The molecule has 1 aliphatic rings. The van der Waals surface area contributed by atoms with Gasteiger partial charge in [-0.1, -0.05) is 6.92 Å². The molecular weight excluding hydrogens is 273 g/mol. The number of carbonyl (C=O) groups excluding carboxylic acids is 1. The highest BCUT2D eigenvalue weighted by atomic mass is 19.2. The first-order valence-corrected chi connectivity index (χ1v) is 6.26. The fraction of sp³-hybridized carbons (Fsp3) is 0.462. The van der Waals surface area contributed by atoms with Gasteiger partial charge in [0.05, 0.1) is 5.56 Å². The molecule has 1 amide bonds. The van der Waals surface area contributed by atoms with Crippen LogP contribution in [-0.2, 0) is 0 Å². The number of hydrogen-bond donors (Lipinski definition) is 2. The molecule has 1 aliphatic heterocycles. The number of nitrogens with zero attached hydrogens (tertiary/aromatic N) is 1. The maximum absolute atomic E-state index is 13.7. The predicted octanol–water partition coefficient (Wildman–Crippen LogP) is 1.62. The Labute approximate surface area is 114 Å². The minimum absolute atomic E-state index is 0.144. The second kappa shape index (κ2) is 5.32. The van der Waals surface area contributed by atoms with Crippen molar-refractivity contribution < 1.29 is 23.1 Å². The summed E-state index contributed by atoms with van der Waals surface area (Å²) in [4.78, 5) is 13.6. The SMILES string of the molecule is CC1CCN(C(=O)c2cc(F)c(F)c(O)c2F)C1CN. The van der Waals surface area contributed by atoms with E-state index in [-0.39, 0.29) is 18.5 Å². The zero-order chi connectivity index (χ0) is 15.0. The van der Waals surface area contributed by atoms with E-state index in [0.29, 0.717) is 19.0 Å². The van der Waals surface area contributed by atoms with Gasteiger partial charge in [0, 0.05) is 19.1 Å². The average molecular weight is 288 g/mol. The second-order valence-electron chi connectivity index (χ2n) is 4.95. The van der Waals surface area contributed by atoms with Gasteiger partial charge in [-0.15, -0.1) is 0 Å². The van der Waals surface area contributed by atoms with Crippen molar-refractivity contribution in [3.8, 4) is 5.75 Å². The topological polar surface area (TPSA) is 66.6 Å². The van der Waals surface area contributed by atoms with E-state index in [2.05, 4.69) is 0 Å². The molecule has 1 aromatic rings. The fourth-order valence-electron chi connectivity index (χ4n) is 2.52. The first-order chi connectivity index (χ1) is 9.38. The Morgan fingerprint density at radius 1 is 1.45 bits per heavy atom. The number of benzene rings is 1. The molecule has 110 valence electrons. The summed E-state index contributed by atoms with van der Waals surface area (Å²) in [5.74, 6) is -6.76. The molecule has 3 N–H and O–H groups in total. The molecule has 2 unspecified atom stereocenters. The number of rotatable bonds is 2. The molecule has 1 fully saturated rings. The number of carbonyl (C=O) groups is 1.